The van der Waals surface area contributed by atoms with Gasteiger partial charge in [-0.3, -0.25) is 4.98 Å². The maximum absolute atomic E-state index is 7.23. The standard InChI is InChI=1S/C39H25N2O.C12H10N.Ir/c1-3-9-27(10-4-1)29-15-17-31(18-16-29)32-21-24-38-34(25-32)35(26-42-38)39-40-36-13-7-8-14-37(36)41(39)33-22-19-30(20-23-33)28-11-5-2-6-12-28;1-10-7-8-12(13-9-10)11-5-3-2-4-6-11;/h1-25H;2-5,7-9H,1H3;/q2*-1;/i;1D3;. The van der Waals surface area contributed by atoms with Gasteiger partial charge in [-0.15, -0.1) is 35.9 Å². The van der Waals surface area contributed by atoms with Gasteiger partial charge < -0.3 is 14.0 Å². The Labute approximate surface area is 344 Å². The van der Waals surface area contributed by atoms with Crippen LogP contribution in [0.4, 0.5) is 0 Å². The average molecular weight is 901 g/mol. The van der Waals surface area contributed by atoms with Gasteiger partial charge in [0.25, 0.3) is 0 Å². The van der Waals surface area contributed by atoms with Gasteiger partial charge in [0.05, 0.1) is 16.9 Å². The summed E-state index contributed by atoms with van der Waals surface area (Å²) in [4.78, 5) is 9.21. The average Bonchev–Trinajstić information content (AvgIpc) is 3.89. The van der Waals surface area contributed by atoms with E-state index in [0.29, 0.717) is 0 Å². The summed E-state index contributed by atoms with van der Waals surface area (Å²) in [5.74, 6) is 0.805. The number of imidazole rings is 1. The van der Waals surface area contributed by atoms with E-state index < -0.39 is 6.85 Å². The van der Waals surface area contributed by atoms with Crippen LogP contribution in [0.1, 0.15) is 9.68 Å². The molecule has 56 heavy (non-hydrogen) atoms. The summed E-state index contributed by atoms with van der Waals surface area (Å²) in [6, 6.07) is 66.6. The summed E-state index contributed by atoms with van der Waals surface area (Å²) in [5, 5.41) is 0.983. The number of benzene rings is 7. The van der Waals surface area contributed by atoms with Gasteiger partial charge in [0.1, 0.15) is 0 Å². The number of nitrogens with zero attached hydrogens (tertiary/aromatic N) is 3. The van der Waals surface area contributed by atoms with Crippen LogP contribution in [0.3, 0.4) is 0 Å². The predicted molar refractivity (Wildman–Crippen MR) is 225 cm³/mol. The maximum atomic E-state index is 7.23. The van der Waals surface area contributed by atoms with Crippen molar-refractivity contribution in [3.8, 4) is 61.7 Å². The minimum absolute atomic E-state index is 0. The Morgan fingerprint density at radius 2 is 1.20 bits per heavy atom. The molecule has 271 valence electrons. The second-order valence-electron chi connectivity index (χ2n) is 13.1. The minimum Gasteiger partial charge on any atom is -0.557 e. The van der Waals surface area contributed by atoms with Crippen molar-refractivity contribution < 1.29 is 28.6 Å². The molecule has 5 heteroatoms. The molecule has 0 saturated carbocycles. The smallest absolute Gasteiger partial charge is 0.0774 e. The van der Waals surface area contributed by atoms with Crippen molar-refractivity contribution in [2.75, 3.05) is 0 Å². The van der Waals surface area contributed by atoms with Gasteiger partial charge in [-0.2, -0.15) is 0 Å². The molecule has 0 atom stereocenters. The fourth-order valence-corrected chi connectivity index (χ4v) is 6.80. The van der Waals surface area contributed by atoms with Gasteiger partial charge in [0, 0.05) is 47.9 Å². The van der Waals surface area contributed by atoms with Crippen LogP contribution in [0.2, 0.25) is 0 Å². The summed E-state index contributed by atoms with van der Waals surface area (Å²) in [7, 11) is 0. The third-order valence-corrected chi connectivity index (χ3v) is 9.60. The van der Waals surface area contributed by atoms with Crippen molar-refractivity contribution in [1.82, 2.24) is 14.5 Å². The molecule has 10 rings (SSSR count). The van der Waals surface area contributed by atoms with E-state index in [2.05, 4.69) is 149 Å². The monoisotopic (exact) mass is 901 g/mol. The summed E-state index contributed by atoms with van der Waals surface area (Å²) in [6.45, 7) is -2.09. The number of para-hydroxylation sites is 2. The molecule has 0 spiro atoms. The molecule has 4 nitrogen and oxygen atoms in total. The quantitative estimate of drug-likeness (QED) is 0.156. The van der Waals surface area contributed by atoms with Crippen molar-refractivity contribution >= 4 is 22.0 Å². The second-order valence-corrected chi connectivity index (χ2v) is 13.1. The summed E-state index contributed by atoms with van der Waals surface area (Å²) < 4.78 is 29.9. The molecule has 0 saturated heterocycles. The van der Waals surface area contributed by atoms with Crippen LogP contribution in [0.25, 0.3) is 83.7 Å². The molecule has 3 heterocycles. The normalized spacial score (nSPS) is 11.8. The zero-order valence-corrected chi connectivity index (χ0v) is 32.5. The molecule has 1 radical (unpaired) electrons. The van der Waals surface area contributed by atoms with Crippen molar-refractivity contribution in [2.45, 2.75) is 6.85 Å². The number of hydrogen-bond acceptors (Lipinski definition) is 3. The van der Waals surface area contributed by atoms with E-state index in [0.717, 1.165) is 61.5 Å². The van der Waals surface area contributed by atoms with E-state index in [4.69, 9.17) is 13.5 Å². The Morgan fingerprint density at radius 1 is 0.589 bits per heavy atom. The largest absolute Gasteiger partial charge is 0.557 e. The maximum Gasteiger partial charge on any atom is 0.0774 e. The third kappa shape index (κ3) is 7.51. The van der Waals surface area contributed by atoms with Crippen LogP contribution in [-0.2, 0) is 20.1 Å². The molecule has 0 aliphatic rings. The molecule has 0 unspecified atom stereocenters. The van der Waals surface area contributed by atoms with E-state index in [1.54, 1.807) is 18.2 Å². The zero-order chi connectivity index (χ0) is 39.5. The van der Waals surface area contributed by atoms with E-state index in [-0.39, 0.29) is 25.7 Å². The first-order chi connectivity index (χ1) is 28.4. The fourth-order valence-electron chi connectivity index (χ4n) is 6.80. The van der Waals surface area contributed by atoms with Gasteiger partial charge in [-0.25, -0.2) is 0 Å². The molecule has 0 aliphatic heterocycles. The predicted octanol–water partition coefficient (Wildman–Crippen LogP) is 13.1. The third-order valence-electron chi connectivity index (χ3n) is 9.60. The van der Waals surface area contributed by atoms with Gasteiger partial charge in [0.2, 0.25) is 0 Å². The SMILES string of the molecule is [2H]C([2H])([2H])c1ccc(-c2[c-]cccc2)nc1.[Ir].[c-]1oc2ccc(-c3ccc(-c4ccccc4)cc3)cc2c1-c1nc2ccccc2n1-c1ccc(-c2ccccc2)cc1. The zero-order valence-electron chi connectivity index (χ0n) is 33.1. The van der Waals surface area contributed by atoms with Crippen LogP contribution in [0, 0.1) is 19.2 Å². The molecular formula is C51H35IrN3O-2. The number of furan rings is 1. The molecule has 3 aromatic heterocycles. The molecule has 0 amide bonds. The molecule has 0 fully saturated rings. The van der Waals surface area contributed by atoms with Crippen molar-refractivity contribution in [3.63, 3.8) is 0 Å². The number of rotatable bonds is 6. The number of aryl methyl sites for hydroxylation is 1. The Balaban J connectivity index is 0.000000240. The first-order valence-electron chi connectivity index (χ1n) is 19.6. The Bertz CT molecular complexity index is 2950. The van der Waals surface area contributed by atoms with Gasteiger partial charge in [0.15, 0.2) is 0 Å². The topological polar surface area (TPSA) is 43.9 Å². The van der Waals surface area contributed by atoms with Gasteiger partial charge in [-0.1, -0.05) is 150 Å². The molecule has 0 bridgehead atoms. The molecular weight excluding hydrogens is 863 g/mol. The van der Waals surface area contributed by atoms with Crippen LogP contribution < -0.4 is 0 Å². The second kappa shape index (κ2) is 16.4. The number of hydrogen-bond donors (Lipinski definition) is 0. The number of pyridine rings is 1. The van der Waals surface area contributed by atoms with E-state index in [1.165, 1.54) is 28.5 Å². The van der Waals surface area contributed by atoms with Crippen molar-refractivity contribution in [3.05, 3.63) is 212 Å². The van der Waals surface area contributed by atoms with Crippen molar-refractivity contribution in [1.29, 1.82) is 0 Å². The Kier molecular flexibility index (Phi) is 9.58. The number of aromatic nitrogens is 3. The van der Waals surface area contributed by atoms with E-state index in [1.807, 2.05) is 42.5 Å². The Hall–Kier alpha value is -6.65. The van der Waals surface area contributed by atoms with Gasteiger partial charge in [-0.05, 0) is 75.8 Å². The molecule has 0 N–H and O–H groups in total. The molecule has 10 aromatic rings. The molecule has 0 aliphatic carbocycles. The van der Waals surface area contributed by atoms with Crippen LogP contribution in [-0.4, -0.2) is 14.5 Å². The molecule has 7 aromatic carbocycles. The first kappa shape index (κ1) is 32.8. The summed E-state index contributed by atoms with van der Waals surface area (Å²) >= 11 is 0. The minimum atomic E-state index is -2.09. The van der Waals surface area contributed by atoms with Crippen molar-refractivity contribution in [2.24, 2.45) is 0 Å². The van der Waals surface area contributed by atoms with E-state index in [9.17, 15) is 0 Å². The van der Waals surface area contributed by atoms with Crippen LogP contribution >= 0.6 is 0 Å². The summed E-state index contributed by atoms with van der Waals surface area (Å²) in [6.07, 6.45) is 4.58. The van der Waals surface area contributed by atoms with Crippen LogP contribution in [0.15, 0.2) is 199 Å². The van der Waals surface area contributed by atoms with E-state index >= 15 is 0 Å². The Morgan fingerprint density at radius 3 is 1.84 bits per heavy atom. The van der Waals surface area contributed by atoms with Gasteiger partial charge >= 0.3 is 0 Å². The number of fused-ring (bicyclic) bond motifs is 2. The summed E-state index contributed by atoms with van der Waals surface area (Å²) in [5.41, 5.74) is 13.5. The first-order valence-corrected chi connectivity index (χ1v) is 18.1. The van der Waals surface area contributed by atoms with Crippen LogP contribution in [0.5, 0.6) is 0 Å². The fraction of sp³-hybridized carbons (Fsp3) is 0.0196.